The molecular formula is C22H29N3O2. The van der Waals surface area contributed by atoms with Gasteiger partial charge in [0.15, 0.2) is 17.2 Å². The van der Waals surface area contributed by atoms with Crippen molar-refractivity contribution in [1.82, 2.24) is 15.0 Å². The molecule has 0 amide bonds. The molecule has 144 valence electrons. The molecule has 0 unspecified atom stereocenters. The number of fused-ring (bicyclic) bond motifs is 1. The van der Waals surface area contributed by atoms with Crippen molar-refractivity contribution in [3.63, 3.8) is 0 Å². The van der Waals surface area contributed by atoms with Gasteiger partial charge in [-0.15, -0.1) is 15.0 Å². The van der Waals surface area contributed by atoms with Gasteiger partial charge in [0.05, 0.1) is 0 Å². The Labute approximate surface area is 160 Å². The molecule has 5 nitrogen and oxygen atoms in total. The molecule has 0 bridgehead atoms. The van der Waals surface area contributed by atoms with Crippen LogP contribution in [0.15, 0.2) is 30.3 Å². The predicted molar refractivity (Wildman–Crippen MR) is 109 cm³/mol. The quantitative estimate of drug-likeness (QED) is 0.649. The van der Waals surface area contributed by atoms with E-state index in [-0.39, 0.29) is 28.0 Å². The highest BCUT2D eigenvalue weighted by Gasteiger charge is 2.33. The highest BCUT2D eigenvalue weighted by molar-refractivity contribution is 5.74. The van der Waals surface area contributed by atoms with Crippen molar-refractivity contribution in [1.29, 1.82) is 0 Å². The first-order valence-corrected chi connectivity index (χ1v) is 9.54. The monoisotopic (exact) mass is 367 g/mol. The Kier molecular flexibility index (Phi) is 4.66. The van der Waals surface area contributed by atoms with E-state index in [1.165, 1.54) is 4.80 Å². The normalized spacial score (nSPS) is 12.7. The maximum Gasteiger partial charge on any atom is 0.169 e. The van der Waals surface area contributed by atoms with Gasteiger partial charge in [0.2, 0.25) is 0 Å². The Morgan fingerprint density at radius 3 is 1.59 bits per heavy atom. The standard InChI is InChI=1S/C22H29N3O2/c1-7-21(3,4)14-13-15(22(5,6)8-2)20(27)18(19(14)26)25-23-16-11-9-10-12-17(16)24-25/h9-13,26-27H,7-8H2,1-6H3. The fourth-order valence-electron chi connectivity index (χ4n) is 3.21. The molecule has 1 heterocycles. The van der Waals surface area contributed by atoms with Crippen molar-refractivity contribution in [3.8, 4) is 17.2 Å². The van der Waals surface area contributed by atoms with Gasteiger partial charge < -0.3 is 10.2 Å². The lowest BCUT2D eigenvalue weighted by Crippen LogP contribution is -2.22. The van der Waals surface area contributed by atoms with E-state index < -0.39 is 0 Å². The summed E-state index contributed by atoms with van der Waals surface area (Å²) in [6, 6.07) is 9.46. The largest absolute Gasteiger partial charge is 0.505 e. The zero-order chi connectivity index (χ0) is 20.0. The molecule has 2 N–H and O–H groups in total. The molecule has 0 saturated carbocycles. The lowest BCUT2D eigenvalue weighted by Gasteiger charge is -2.31. The van der Waals surface area contributed by atoms with E-state index in [1.54, 1.807) is 0 Å². The molecule has 3 rings (SSSR count). The second kappa shape index (κ2) is 6.55. The smallest absolute Gasteiger partial charge is 0.169 e. The maximum atomic E-state index is 11.1. The molecule has 1 aromatic heterocycles. The molecule has 0 aliphatic rings. The summed E-state index contributed by atoms with van der Waals surface area (Å²) < 4.78 is 0. The number of benzene rings is 2. The SMILES string of the molecule is CCC(C)(C)c1cc(C(C)(C)CC)c(O)c(-n2nc3ccccc3n2)c1O. The number of aromatic nitrogens is 3. The minimum Gasteiger partial charge on any atom is -0.505 e. The summed E-state index contributed by atoms with van der Waals surface area (Å²) in [6.45, 7) is 12.6. The Hall–Kier alpha value is -2.56. The van der Waals surface area contributed by atoms with Crippen molar-refractivity contribution in [3.05, 3.63) is 41.5 Å². The average molecular weight is 367 g/mol. The maximum absolute atomic E-state index is 11.1. The second-order valence-electron chi connectivity index (χ2n) is 8.47. The topological polar surface area (TPSA) is 71.2 Å². The molecule has 0 spiro atoms. The summed E-state index contributed by atoms with van der Waals surface area (Å²) in [5.74, 6) is 0.0746. The van der Waals surface area contributed by atoms with Gasteiger partial charge in [-0.25, -0.2) is 0 Å². The Morgan fingerprint density at radius 1 is 0.815 bits per heavy atom. The molecule has 0 radical (unpaired) electrons. The number of rotatable bonds is 5. The molecule has 0 aliphatic carbocycles. The lowest BCUT2D eigenvalue weighted by molar-refractivity contribution is 0.393. The fraction of sp³-hybridized carbons (Fsp3) is 0.455. The van der Waals surface area contributed by atoms with E-state index in [4.69, 9.17) is 0 Å². The third kappa shape index (κ3) is 3.15. The van der Waals surface area contributed by atoms with E-state index >= 15 is 0 Å². The Balaban J connectivity index is 2.38. The van der Waals surface area contributed by atoms with Gasteiger partial charge in [-0.1, -0.05) is 53.7 Å². The molecule has 27 heavy (non-hydrogen) atoms. The summed E-state index contributed by atoms with van der Waals surface area (Å²) in [7, 11) is 0. The van der Waals surface area contributed by atoms with Crippen LogP contribution in [0.4, 0.5) is 0 Å². The molecule has 0 saturated heterocycles. The average Bonchev–Trinajstić information content (AvgIpc) is 3.04. The van der Waals surface area contributed by atoms with E-state index in [2.05, 4.69) is 51.7 Å². The molecular weight excluding hydrogens is 338 g/mol. The van der Waals surface area contributed by atoms with Crippen LogP contribution in [0.1, 0.15) is 65.5 Å². The van der Waals surface area contributed by atoms with Gasteiger partial charge >= 0.3 is 0 Å². The van der Waals surface area contributed by atoms with E-state index in [0.717, 1.165) is 24.0 Å². The van der Waals surface area contributed by atoms with Crippen LogP contribution >= 0.6 is 0 Å². The van der Waals surface area contributed by atoms with Gasteiger partial charge in [0.25, 0.3) is 0 Å². The summed E-state index contributed by atoms with van der Waals surface area (Å²) in [4.78, 5) is 1.36. The lowest BCUT2D eigenvalue weighted by atomic mass is 9.75. The number of nitrogens with zero attached hydrogens (tertiary/aromatic N) is 3. The Bertz CT molecular complexity index is 913. The summed E-state index contributed by atoms with van der Waals surface area (Å²) in [5, 5.41) is 31.2. The van der Waals surface area contributed by atoms with Crippen LogP contribution < -0.4 is 0 Å². The van der Waals surface area contributed by atoms with Crippen molar-refractivity contribution in [2.75, 3.05) is 0 Å². The van der Waals surface area contributed by atoms with Crippen LogP contribution in [0.2, 0.25) is 0 Å². The molecule has 5 heteroatoms. The zero-order valence-electron chi connectivity index (χ0n) is 17.0. The van der Waals surface area contributed by atoms with Gasteiger partial charge in [0.1, 0.15) is 11.0 Å². The molecule has 0 fully saturated rings. The fourth-order valence-corrected chi connectivity index (χ4v) is 3.21. The van der Waals surface area contributed by atoms with Crippen molar-refractivity contribution < 1.29 is 10.2 Å². The third-order valence-electron chi connectivity index (χ3n) is 5.96. The van der Waals surface area contributed by atoms with Gasteiger partial charge in [0, 0.05) is 11.1 Å². The van der Waals surface area contributed by atoms with Crippen LogP contribution in [0.5, 0.6) is 11.5 Å². The number of phenols is 2. The number of hydrogen-bond donors (Lipinski definition) is 2. The van der Waals surface area contributed by atoms with Crippen LogP contribution in [0, 0.1) is 0 Å². The van der Waals surface area contributed by atoms with Crippen molar-refractivity contribution >= 4 is 11.0 Å². The molecule has 3 aromatic rings. The van der Waals surface area contributed by atoms with Gasteiger partial charge in [-0.05, 0) is 41.9 Å². The van der Waals surface area contributed by atoms with Gasteiger partial charge in [-0.3, -0.25) is 0 Å². The third-order valence-corrected chi connectivity index (χ3v) is 5.96. The van der Waals surface area contributed by atoms with E-state index in [0.29, 0.717) is 11.0 Å². The summed E-state index contributed by atoms with van der Waals surface area (Å²) in [6.07, 6.45) is 1.70. The van der Waals surface area contributed by atoms with E-state index in [9.17, 15) is 10.2 Å². The second-order valence-corrected chi connectivity index (χ2v) is 8.47. The minimum atomic E-state index is -0.252. The molecule has 0 atom stereocenters. The molecule has 0 aliphatic heterocycles. The van der Waals surface area contributed by atoms with E-state index in [1.807, 2.05) is 30.3 Å². The summed E-state index contributed by atoms with van der Waals surface area (Å²) in [5.41, 5.74) is 2.78. The van der Waals surface area contributed by atoms with Crippen LogP contribution in [-0.4, -0.2) is 25.2 Å². The molecule has 2 aromatic carbocycles. The predicted octanol–water partition coefficient (Wildman–Crippen LogP) is 5.21. The van der Waals surface area contributed by atoms with Crippen molar-refractivity contribution in [2.24, 2.45) is 0 Å². The highest BCUT2D eigenvalue weighted by Crippen LogP contribution is 2.47. The summed E-state index contributed by atoms with van der Waals surface area (Å²) >= 11 is 0. The van der Waals surface area contributed by atoms with Crippen LogP contribution in [-0.2, 0) is 10.8 Å². The zero-order valence-corrected chi connectivity index (χ0v) is 17.0. The van der Waals surface area contributed by atoms with Crippen molar-refractivity contribution in [2.45, 2.75) is 65.2 Å². The number of aromatic hydroxyl groups is 2. The minimum absolute atomic E-state index is 0.0373. The number of hydrogen-bond acceptors (Lipinski definition) is 4. The first-order valence-electron chi connectivity index (χ1n) is 9.54. The van der Waals surface area contributed by atoms with Crippen LogP contribution in [0.3, 0.4) is 0 Å². The first-order chi connectivity index (χ1) is 12.6. The highest BCUT2D eigenvalue weighted by atomic mass is 16.3. The van der Waals surface area contributed by atoms with Crippen LogP contribution in [0.25, 0.3) is 16.7 Å². The first kappa shape index (κ1) is 19.2. The number of phenolic OH excluding ortho intramolecular Hbond substituents is 2. The Morgan fingerprint density at radius 2 is 1.22 bits per heavy atom. The van der Waals surface area contributed by atoms with Gasteiger partial charge in [-0.2, -0.15) is 0 Å².